The molecule has 0 saturated heterocycles. The Hall–Kier alpha value is -1.60. The summed E-state index contributed by atoms with van der Waals surface area (Å²) < 4.78 is 25.7. The number of rotatable bonds is 8. The highest BCUT2D eigenvalue weighted by atomic mass is 32.2. The summed E-state index contributed by atoms with van der Waals surface area (Å²) in [6.45, 7) is 5.86. The Labute approximate surface area is 139 Å². The van der Waals surface area contributed by atoms with Gasteiger partial charge in [-0.1, -0.05) is 38.8 Å². The van der Waals surface area contributed by atoms with Crippen LogP contribution in [-0.4, -0.2) is 35.0 Å². The van der Waals surface area contributed by atoms with Crippen molar-refractivity contribution in [3.8, 4) is 0 Å². The van der Waals surface area contributed by atoms with Gasteiger partial charge in [0.05, 0.1) is 4.90 Å². The summed E-state index contributed by atoms with van der Waals surface area (Å²) in [6, 6.07) is 6.79. The second kappa shape index (κ2) is 9.52. The van der Waals surface area contributed by atoms with Gasteiger partial charge >= 0.3 is 0 Å². The number of benzene rings is 1. The maximum atomic E-state index is 11.7. The van der Waals surface area contributed by atoms with E-state index in [0.717, 1.165) is 30.9 Å². The summed E-state index contributed by atoms with van der Waals surface area (Å²) in [7, 11) is -0.237. The molecule has 0 aliphatic carbocycles. The van der Waals surface area contributed by atoms with Crippen LogP contribution in [0.1, 0.15) is 32.3 Å². The molecule has 0 aliphatic heterocycles. The molecule has 1 aromatic carbocycles. The van der Waals surface area contributed by atoms with E-state index in [1.54, 1.807) is 31.3 Å². The fraction of sp³-hybridized carbons (Fsp3) is 0.562. The summed E-state index contributed by atoms with van der Waals surface area (Å²) in [5, 5.41) is 6.55. The minimum Gasteiger partial charge on any atom is -0.356 e. The molecule has 6 nitrogen and oxygen atoms in total. The number of nitrogens with zero attached hydrogens (tertiary/aromatic N) is 1. The molecule has 0 fully saturated rings. The third-order valence-electron chi connectivity index (χ3n) is 3.90. The molecule has 0 aromatic heterocycles. The first-order valence-corrected chi connectivity index (χ1v) is 9.42. The van der Waals surface area contributed by atoms with Crippen molar-refractivity contribution in [2.45, 2.75) is 38.1 Å². The normalized spacial score (nSPS) is 12.5. The lowest BCUT2D eigenvalue weighted by Crippen LogP contribution is -2.39. The standard InChI is InChI=1S/C16H28N4O2S/c1-5-13(6-2)11-19-16(17-3)20-12-14-7-9-15(10-8-14)23(21,22)18-4/h7-10,13,18H,5-6,11-12H2,1-4H3,(H2,17,19,20). The first kappa shape index (κ1) is 19.4. The van der Waals surface area contributed by atoms with Crippen LogP contribution in [0.3, 0.4) is 0 Å². The van der Waals surface area contributed by atoms with Gasteiger partial charge in [-0.15, -0.1) is 0 Å². The molecular formula is C16H28N4O2S. The molecule has 0 heterocycles. The third kappa shape index (κ3) is 6.19. The van der Waals surface area contributed by atoms with Crippen LogP contribution in [-0.2, 0) is 16.6 Å². The quantitative estimate of drug-likeness (QED) is 0.497. The lowest BCUT2D eigenvalue weighted by molar-refractivity contribution is 0.481. The molecule has 0 spiro atoms. The van der Waals surface area contributed by atoms with E-state index in [1.165, 1.54) is 7.05 Å². The Morgan fingerprint density at radius 3 is 2.22 bits per heavy atom. The van der Waals surface area contributed by atoms with E-state index < -0.39 is 10.0 Å². The summed E-state index contributed by atoms with van der Waals surface area (Å²) >= 11 is 0. The average molecular weight is 340 g/mol. The number of hydrogen-bond donors (Lipinski definition) is 3. The lowest BCUT2D eigenvalue weighted by Gasteiger charge is -2.16. The second-order valence-electron chi connectivity index (χ2n) is 5.34. The van der Waals surface area contributed by atoms with Gasteiger partial charge in [0.1, 0.15) is 0 Å². The predicted molar refractivity (Wildman–Crippen MR) is 95.0 cm³/mol. The molecule has 23 heavy (non-hydrogen) atoms. The molecule has 0 unspecified atom stereocenters. The van der Waals surface area contributed by atoms with Crippen LogP contribution in [0.25, 0.3) is 0 Å². The van der Waals surface area contributed by atoms with E-state index in [1.807, 2.05) is 0 Å². The van der Waals surface area contributed by atoms with E-state index >= 15 is 0 Å². The topological polar surface area (TPSA) is 82.6 Å². The maximum absolute atomic E-state index is 11.7. The highest BCUT2D eigenvalue weighted by molar-refractivity contribution is 7.89. The molecular weight excluding hydrogens is 312 g/mol. The molecule has 3 N–H and O–H groups in total. The van der Waals surface area contributed by atoms with Gasteiger partial charge in [0.2, 0.25) is 10.0 Å². The van der Waals surface area contributed by atoms with E-state index in [-0.39, 0.29) is 4.90 Å². The molecule has 0 radical (unpaired) electrons. The zero-order chi connectivity index (χ0) is 17.3. The average Bonchev–Trinajstić information content (AvgIpc) is 2.58. The predicted octanol–water partition coefficient (Wildman–Crippen LogP) is 1.70. The van der Waals surface area contributed by atoms with Crippen molar-refractivity contribution in [2.24, 2.45) is 10.9 Å². The van der Waals surface area contributed by atoms with E-state index in [9.17, 15) is 8.42 Å². The molecule has 0 amide bonds. The van der Waals surface area contributed by atoms with Gasteiger partial charge in [0, 0.05) is 20.1 Å². The first-order chi connectivity index (χ1) is 11.0. The van der Waals surface area contributed by atoms with Crippen LogP contribution < -0.4 is 15.4 Å². The largest absolute Gasteiger partial charge is 0.356 e. The van der Waals surface area contributed by atoms with Crippen LogP contribution in [0.5, 0.6) is 0 Å². The molecule has 0 bridgehead atoms. The highest BCUT2D eigenvalue weighted by Crippen LogP contribution is 2.10. The monoisotopic (exact) mass is 340 g/mol. The first-order valence-electron chi connectivity index (χ1n) is 7.93. The summed E-state index contributed by atoms with van der Waals surface area (Å²) in [6.07, 6.45) is 2.28. The van der Waals surface area contributed by atoms with Crippen LogP contribution in [0.15, 0.2) is 34.2 Å². The Kier molecular flexibility index (Phi) is 8.05. The summed E-state index contributed by atoms with van der Waals surface area (Å²) in [4.78, 5) is 4.47. The Morgan fingerprint density at radius 2 is 1.74 bits per heavy atom. The highest BCUT2D eigenvalue weighted by Gasteiger charge is 2.10. The Balaban J connectivity index is 2.56. The van der Waals surface area contributed by atoms with Crippen LogP contribution >= 0.6 is 0 Å². The van der Waals surface area contributed by atoms with Gasteiger partial charge in [-0.05, 0) is 30.7 Å². The smallest absolute Gasteiger partial charge is 0.240 e. The van der Waals surface area contributed by atoms with Gasteiger partial charge in [-0.2, -0.15) is 0 Å². The Morgan fingerprint density at radius 1 is 1.13 bits per heavy atom. The van der Waals surface area contributed by atoms with Gasteiger partial charge in [0.15, 0.2) is 5.96 Å². The van der Waals surface area contributed by atoms with Crippen LogP contribution in [0.2, 0.25) is 0 Å². The van der Waals surface area contributed by atoms with Gasteiger partial charge in [0.25, 0.3) is 0 Å². The number of nitrogens with one attached hydrogen (secondary N) is 3. The zero-order valence-corrected chi connectivity index (χ0v) is 15.2. The van der Waals surface area contributed by atoms with Crippen molar-refractivity contribution >= 4 is 16.0 Å². The van der Waals surface area contributed by atoms with Crippen molar-refractivity contribution in [1.82, 2.24) is 15.4 Å². The molecule has 7 heteroatoms. The van der Waals surface area contributed by atoms with Crippen molar-refractivity contribution in [3.05, 3.63) is 29.8 Å². The second-order valence-corrected chi connectivity index (χ2v) is 7.23. The minimum atomic E-state index is -3.38. The summed E-state index contributed by atoms with van der Waals surface area (Å²) in [5.41, 5.74) is 0.991. The molecule has 0 atom stereocenters. The van der Waals surface area contributed by atoms with Crippen molar-refractivity contribution in [1.29, 1.82) is 0 Å². The van der Waals surface area contributed by atoms with Gasteiger partial charge < -0.3 is 10.6 Å². The number of aliphatic imine (C=N–C) groups is 1. The zero-order valence-electron chi connectivity index (χ0n) is 14.4. The van der Waals surface area contributed by atoms with Gasteiger partial charge in [-0.25, -0.2) is 13.1 Å². The third-order valence-corrected chi connectivity index (χ3v) is 5.33. The maximum Gasteiger partial charge on any atom is 0.240 e. The van der Waals surface area contributed by atoms with Gasteiger partial charge in [-0.3, -0.25) is 4.99 Å². The van der Waals surface area contributed by atoms with Crippen LogP contribution in [0.4, 0.5) is 0 Å². The molecule has 0 saturated carbocycles. The SMILES string of the molecule is CCC(CC)CNC(=NC)NCc1ccc(S(=O)(=O)NC)cc1. The Bertz CT molecular complexity index is 593. The lowest BCUT2D eigenvalue weighted by atomic mass is 10.0. The fourth-order valence-corrected chi connectivity index (χ4v) is 2.86. The molecule has 1 aromatic rings. The molecule has 130 valence electrons. The van der Waals surface area contributed by atoms with Crippen molar-refractivity contribution < 1.29 is 8.42 Å². The van der Waals surface area contributed by atoms with Crippen LogP contribution in [0, 0.1) is 5.92 Å². The minimum absolute atomic E-state index is 0.264. The summed E-state index contributed by atoms with van der Waals surface area (Å²) in [5.74, 6) is 1.39. The van der Waals surface area contributed by atoms with E-state index in [0.29, 0.717) is 12.5 Å². The number of sulfonamides is 1. The number of hydrogen-bond acceptors (Lipinski definition) is 3. The van der Waals surface area contributed by atoms with Crippen molar-refractivity contribution in [2.75, 3.05) is 20.6 Å². The van der Waals surface area contributed by atoms with E-state index in [4.69, 9.17) is 0 Å². The fourth-order valence-electron chi connectivity index (χ4n) is 2.13. The van der Waals surface area contributed by atoms with Crippen molar-refractivity contribution in [3.63, 3.8) is 0 Å². The number of guanidine groups is 1. The van der Waals surface area contributed by atoms with E-state index in [2.05, 4.69) is 34.2 Å². The molecule has 0 aliphatic rings. The molecule has 1 rings (SSSR count).